The van der Waals surface area contributed by atoms with Gasteiger partial charge in [-0.15, -0.1) is 0 Å². The van der Waals surface area contributed by atoms with Gasteiger partial charge in [0.05, 0.1) is 21.6 Å². The van der Waals surface area contributed by atoms with E-state index in [2.05, 4.69) is 20.8 Å². The molecule has 0 spiro atoms. The molecule has 0 bridgehead atoms. The fourth-order valence-electron chi connectivity index (χ4n) is 8.54. The SMILES string of the molecule is CC(C)(C)C(=O)CCCC1(C)/C(=C\C=C\c2cc(C(C)(C)C)c3ccc(=[N+](Cc4cccc(O)c4)Cc4cccc(S(=O)(=O)O)c4)cc-3o2)N(CCCS(=O)(=O)O)c2ccc(S(=O)(=O)O)cc21. The second-order valence-corrected chi connectivity index (χ2v) is 23.8. The number of phenolic OH excluding ortho intramolecular Hbond substituents is 1. The molecule has 1 atom stereocenters. The van der Waals surface area contributed by atoms with Gasteiger partial charge in [-0.3, -0.25) is 18.5 Å². The molecule has 0 amide bonds. The Labute approximate surface area is 393 Å². The van der Waals surface area contributed by atoms with E-state index in [4.69, 9.17) is 4.42 Å². The Kier molecular flexibility index (Phi) is 14.7. The van der Waals surface area contributed by atoms with Crippen molar-refractivity contribution in [2.75, 3.05) is 17.2 Å². The highest BCUT2D eigenvalue weighted by Crippen LogP contribution is 2.51. The van der Waals surface area contributed by atoms with Crippen molar-refractivity contribution in [3.05, 3.63) is 142 Å². The number of Topliss-reactive ketones (excluding diaryl/α,β-unsaturated/α-hetero) is 1. The summed E-state index contributed by atoms with van der Waals surface area (Å²) >= 11 is 0. The number of rotatable bonds is 16. The molecule has 2 aliphatic heterocycles. The monoisotopic (exact) mass is 975 g/mol. The van der Waals surface area contributed by atoms with Crippen molar-refractivity contribution < 1.29 is 53.2 Å². The Morgan fingerprint density at radius 2 is 1.42 bits per heavy atom. The number of hydrogen-bond acceptors (Lipinski definition) is 10. The van der Waals surface area contributed by atoms with Gasteiger partial charge < -0.3 is 14.4 Å². The summed E-state index contributed by atoms with van der Waals surface area (Å²) in [6.07, 6.45) is 6.53. The number of fused-ring (bicyclic) bond motifs is 2. The van der Waals surface area contributed by atoms with Crippen molar-refractivity contribution in [3.63, 3.8) is 0 Å². The molecule has 4 N–H and O–H groups in total. The normalized spacial score (nSPS) is 17.1. The number of phenols is 1. The minimum Gasteiger partial charge on any atom is -0.508 e. The number of aromatic hydroxyl groups is 1. The first-order chi connectivity index (χ1) is 31.0. The maximum absolute atomic E-state index is 13.1. The average Bonchev–Trinajstić information content (AvgIpc) is 3.44. The Hall–Kier alpha value is -5.43. The van der Waals surface area contributed by atoms with Gasteiger partial charge in [-0.1, -0.05) is 71.9 Å². The third-order valence-electron chi connectivity index (χ3n) is 12.0. The minimum atomic E-state index is -4.61. The van der Waals surface area contributed by atoms with Crippen molar-refractivity contribution in [1.29, 1.82) is 0 Å². The van der Waals surface area contributed by atoms with Gasteiger partial charge in [0.25, 0.3) is 30.4 Å². The maximum Gasteiger partial charge on any atom is 0.294 e. The van der Waals surface area contributed by atoms with Crippen LogP contribution in [0.1, 0.15) is 102 Å². The number of benzene rings is 4. The first kappa shape index (κ1) is 51.0. The molecular formula is C50H59N2O12S3+. The highest BCUT2D eigenvalue weighted by atomic mass is 32.2. The van der Waals surface area contributed by atoms with Crippen molar-refractivity contribution in [3.8, 4) is 17.1 Å². The van der Waals surface area contributed by atoms with Gasteiger partial charge in [0, 0.05) is 57.9 Å². The molecule has 17 heteroatoms. The van der Waals surface area contributed by atoms with E-state index in [1.54, 1.807) is 48.6 Å². The summed E-state index contributed by atoms with van der Waals surface area (Å²) in [4.78, 5) is 14.4. The van der Waals surface area contributed by atoms with E-state index in [0.717, 1.165) is 16.7 Å². The van der Waals surface area contributed by atoms with Crippen LogP contribution in [-0.4, -0.2) is 62.1 Å². The van der Waals surface area contributed by atoms with Crippen molar-refractivity contribution in [2.45, 2.75) is 108 Å². The molecule has 358 valence electrons. The molecule has 14 nitrogen and oxygen atoms in total. The first-order valence-corrected chi connectivity index (χ1v) is 26.3. The van der Waals surface area contributed by atoms with E-state index in [1.165, 1.54) is 24.3 Å². The molecule has 3 aromatic carbocycles. The number of carbonyl (C=O) groups excluding carboxylic acids is 1. The van der Waals surface area contributed by atoms with Crippen LogP contribution in [0.4, 0.5) is 5.69 Å². The van der Waals surface area contributed by atoms with Crippen LogP contribution in [-0.2, 0) is 59.1 Å². The summed E-state index contributed by atoms with van der Waals surface area (Å²) in [5.74, 6) is 0.642. The molecule has 67 heavy (non-hydrogen) atoms. The minimum absolute atomic E-state index is 0.0314. The molecule has 0 saturated heterocycles. The van der Waals surface area contributed by atoms with Crippen LogP contribution in [0.3, 0.4) is 0 Å². The van der Waals surface area contributed by atoms with Crippen LogP contribution in [0.25, 0.3) is 17.4 Å². The molecular weight excluding hydrogens is 917 g/mol. The lowest BCUT2D eigenvalue weighted by atomic mass is 9.76. The molecule has 2 heterocycles. The average molecular weight is 976 g/mol. The Morgan fingerprint density at radius 1 is 0.776 bits per heavy atom. The predicted molar refractivity (Wildman–Crippen MR) is 258 cm³/mol. The summed E-state index contributed by atoms with van der Waals surface area (Å²) in [6.45, 7) is 14.4. The molecule has 3 aromatic rings. The molecule has 1 unspecified atom stereocenters. The van der Waals surface area contributed by atoms with E-state index in [0.29, 0.717) is 58.8 Å². The molecule has 1 aliphatic carbocycles. The van der Waals surface area contributed by atoms with E-state index >= 15 is 0 Å². The molecule has 0 fully saturated rings. The lowest BCUT2D eigenvalue weighted by Crippen LogP contribution is -2.30. The van der Waals surface area contributed by atoms with Gasteiger partial charge >= 0.3 is 0 Å². The van der Waals surface area contributed by atoms with Gasteiger partial charge in [-0.2, -0.15) is 25.3 Å². The standard InChI is InChI=1S/C50H58N2O12S3/c1-48(2,3)42-30-38(64-45-29-36(20-22-41(42)45)51(32-34-13-8-15-37(53)27-34)33-35-14-9-17-39(28-35)66(58,59)60)16-10-18-46-50(7,24-11-19-47(54)49(4,5)6)43-31-40(67(61,62)63)21-23-44(43)52(46)25-12-26-65(55,56)57/h8-10,13-18,20-23,27-31H,11-12,19,24-26,32-33H2,1-7H3,(H3-,53,55,56,57,58,59,60,61,62,63)/p+1. The molecule has 0 radical (unpaired) electrons. The largest absolute Gasteiger partial charge is 0.508 e. The van der Waals surface area contributed by atoms with Gasteiger partial charge in [-0.25, -0.2) is 4.58 Å². The van der Waals surface area contributed by atoms with Crippen LogP contribution in [0.15, 0.2) is 123 Å². The van der Waals surface area contributed by atoms with E-state index in [-0.39, 0.29) is 52.7 Å². The fourth-order valence-corrected chi connectivity index (χ4v) is 10.1. The molecule has 6 rings (SSSR count). The van der Waals surface area contributed by atoms with Crippen LogP contribution >= 0.6 is 0 Å². The zero-order valence-corrected chi connectivity index (χ0v) is 41.2. The second-order valence-electron chi connectivity index (χ2n) is 19.4. The van der Waals surface area contributed by atoms with Crippen LogP contribution in [0, 0.1) is 5.41 Å². The van der Waals surface area contributed by atoms with Gasteiger partial charge in [0.1, 0.15) is 23.1 Å². The van der Waals surface area contributed by atoms with Crippen LogP contribution < -0.4 is 14.8 Å². The molecule has 0 saturated carbocycles. The zero-order valence-electron chi connectivity index (χ0n) is 38.7. The number of nitrogens with zero attached hydrogens (tertiary/aromatic N) is 2. The third-order valence-corrected chi connectivity index (χ3v) is 14.5. The Morgan fingerprint density at radius 3 is 2.03 bits per heavy atom. The second kappa shape index (κ2) is 19.3. The Bertz CT molecular complexity index is 3140. The van der Waals surface area contributed by atoms with Crippen LogP contribution in [0.5, 0.6) is 5.75 Å². The smallest absolute Gasteiger partial charge is 0.294 e. The van der Waals surface area contributed by atoms with E-state index < -0.39 is 46.9 Å². The van der Waals surface area contributed by atoms with Crippen molar-refractivity contribution in [2.24, 2.45) is 5.41 Å². The van der Waals surface area contributed by atoms with E-state index in [9.17, 15) is 48.8 Å². The summed E-state index contributed by atoms with van der Waals surface area (Å²) in [5, 5.41) is 11.0. The maximum atomic E-state index is 13.1. The lowest BCUT2D eigenvalue weighted by molar-refractivity contribution is -0.126. The van der Waals surface area contributed by atoms with Crippen molar-refractivity contribution >= 4 is 47.9 Å². The van der Waals surface area contributed by atoms with Gasteiger partial charge in [-0.05, 0) is 109 Å². The lowest BCUT2D eigenvalue weighted by Gasteiger charge is -2.31. The predicted octanol–water partition coefficient (Wildman–Crippen LogP) is 8.79. The topological polar surface area (TPSA) is 220 Å². The number of hydrogen-bond donors (Lipinski definition) is 4. The number of allylic oxidation sites excluding steroid dienone is 3. The number of carbonyl (C=O) groups is 1. The summed E-state index contributed by atoms with van der Waals surface area (Å²) in [6, 6.07) is 24.9. The fraction of sp³-hybridized carbons (Fsp3) is 0.360. The molecule has 0 aromatic heterocycles. The Balaban J connectivity index is 1.50. The molecule has 3 aliphatic rings. The summed E-state index contributed by atoms with van der Waals surface area (Å²) in [7, 11) is -13.4. The highest BCUT2D eigenvalue weighted by Gasteiger charge is 2.44. The first-order valence-electron chi connectivity index (χ1n) is 21.8. The number of ketones is 1. The van der Waals surface area contributed by atoms with Crippen LogP contribution in [0.2, 0.25) is 0 Å². The zero-order chi connectivity index (χ0) is 49.3. The summed E-state index contributed by atoms with van der Waals surface area (Å²) < 4.78 is 111. The number of anilines is 1. The van der Waals surface area contributed by atoms with Gasteiger partial charge in [0.2, 0.25) is 5.36 Å². The highest BCUT2D eigenvalue weighted by molar-refractivity contribution is 7.86. The summed E-state index contributed by atoms with van der Waals surface area (Å²) in [5.41, 5.74) is 3.17. The van der Waals surface area contributed by atoms with Gasteiger partial charge in [0.15, 0.2) is 13.1 Å². The van der Waals surface area contributed by atoms with E-state index in [1.807, 2.05) is 73.6 Å². The van der Waals surface area contributed by atoms with Crippen molar-refractivity contribution in [1.82, 2.24) is 4.58 Å². The quantitative estimate of drug-likeness (QED) is 0.0537. The third kappa shape index (κ3) is 12.6.